The fourth-order valence-electron chi connectivity index (χ4n) is 2.52. The Labute approximate surface area is 204 Å². The van der Waals surface area contributed by atoms with E-state index in [-0.39, 0.29) is 20.8 Å². The van der Waals surface area contributed by atoms with E-state index in [4.69, 9.17) is 12.2 Å². The number of nitrogens with zero attached hydrogens (tertiary/aromatic N) is 3. The Kier molecular flexibility index (Phi) is 7.99. The first-order valence-electron chi connectivity index (χ1n) is 9.66. The van der Waals surface area contributed by atoms with Crippen molar-refractivity contribution in [1.82, 2.24) is 15.5 Å². The number of benzene rings is 2. The lowest BCUT2D eigenvalue weighted by Gasteiger charge is -2.09. The van der Waals surface area contributed by atoms with E-state index in [0.717, 1.165) is 16.3 Å². The minimum absolute atomic E-state index is 0.00744. The number of aryl methyl sites for hydroxylation is 1. The summed E-state index contributed by atoms with van der Waals surface area (Å²) in [6.45, 7) is 1.90. The molecule has 34 heavy (non-hydrogen) atoms. The highest BCUT2D eigenvalue weighted by Crippen LogP contribution is 2.21. The number of hydrogen-bond acceptors (Lipinski definition) is 9. The average molecular weight is 519 g/mol. The van der Waals surface area contributed by atoms with Crippen LogP contribution in [0.25, 0.3) is 6.08 Å². The van der Waals surface area contributed by atoms with E-state index in [9.17, 15) is 23.3 Å². The molecule has 3 N–H and O–H groups in total. The summed E-state index contributed by atoms with van der Waals surface area (Å²) < 4.78 is 27.4. The van der Waals surface area contributed by atoms with Crippen LogP contribution in [0.15, 0.2) is 59.5 Å². The van der Waals surface area contributed by atoms with Crippen molar-refractivity contribution in [2.24, 2.45) is 0 Å². The Hall–Kier alpha value is -3.75. The van der Waals surface area contributed by atoms with E-state index in [2.05, 4.69) is 25.6 Å². The third-order valence-corrected chi connectivity index (χ3v) is 6.85. The van der Waals surface area contributed by atoms with Crippen molar-refractivity contribution in [2.75, 3.05) is 10.0 Å². The second kappa shape index (κ2) is 10.9. The number of rotatable bonds is 8. The highest BCUT2D eigenvalue weighted by molar-refractivity contribution is 7.93. The van der Waals surface area contributed by atoms with Crippen molar-refractivity contribution in [2.45, 2.75) is 18.2 Å². The molecule has 0 saturated carbocycles. The maximum absolute atomic E-state index is 12.5. The van der Waals surface area contributed by atoms with E-state index in [1.807, 2.05) is 6.92 Å². The summed E-state index contributed by atoms with van der Waals surface area (Å²) in [6, 6.07) is 11.4. The molecule has 2 aromatic carbocycles. The molecular formula is C20H18N6O5S3. The largest absolute Gasteiger partial charge is 0.332 e. The van der Waals surface area contributed by atoms with Gasteiger partial charge in [0.2, 0.25) is 11.0 Å². The number of thiocarbonyl (C=S) groups is 1. The zero-order valence-corrected chi connectivity index (χ0v) is 20.0. The molecule has 0 unspecified atom stereocenters. The predicted molar refractivity (Wildman–Crippen MR) is 133 cm³/mol. The van der Waals surface area contributed by atoms with Gasteiger partial charge in [-0.25, -0.2) is 8.42 Å². The summed E-state index contributed by atoms with van der Waals surface area (Å²) in [5, 5.41) is 24.5. The first-order valence-corrected chi connectivity index (χ1v) is 12.4. The van der Waals surface area contributed by atoms with Crippen molar-refractivity contribution in [3.05, 3.63) is 75.3 Å². The Morgan fingerprint density at radius 3 is 2.41 bits per heavy atom. The molecule has 0 bridgehead atoms. The third kappa shape index (κ3) is 6.87. The van der Waals surface area contributed by atoms with Gasteiger partial charge in [0, 0.05) is 23.9 Å². The number of nitrogens with one attached hydrogen (secondary N) is 3. The molecular weight excluding hydrogens is 500 g/mol. The number of amides is 1. The molecule has 0 fully saturated rings. The van der Waals surface area contributed by atoms with Gasteiger partial charge < -0.3 is 5.32 Å². The molecule has 14 heteroatoms. The van der Waals surface area contributed by atoms with Crippen LogP contribution in [0.4, 0.5) is 16.5 Å². The Morgan fingerprint density at radius 1 is 1.15 bits per heavy atom. The molecule has 0 atom stereocenters. The van der Waals surface area contributed by atoms with Crippen LogP contribution in [0.1, 0.15) is 17.5 Å². The molecule has 0 aliphatic heterocycles. The number of sulfonamides is 1. The van der Waals surface area contributed by atoms with Crippen LogP contribution in [0.2, 0.25) is 0 Å². The van der Waals surface area contributed by atoms with Gasteiger partial charge in [-0.15, -0.1) is 10.2 Å². The minimum Gasteiger partial charge on any atom is -0.332 e. The average Bonchev–Trinajstić information content (AvgIpc) is 3.25. The number of hydrogen-bond donors (Lipinski definition) is 3. The van der Waals surface area contributed by atoms with Crippen LogP contribution in [0.3, 0.4) is 0 Å². The van der Waals surface area contributed by atoms with E-state index < -0.39 is 20.9 Å². The van der Waals surface area contributed by atoms with Gasteiger partial charge in [0.05, 0.1) is 9.82 Å². The number of aromatic nitrogens is 2. The predicted octanol–water partition coefficient (Wildman–Crippen LogP) is 3.34. The molecule has 11 nitrogen and oxygen atoms in total. The van der Waals surface area contributed by atoms with Gasteiger partial charge in [0.15, 0.2) is 5.11 Å². The van der Waals surface area contributed by atoms with E-state index >= 15 is 0 Å². The maximum Gasteiger partial charge on any atom is 0.269 e. The summed E-state index contributed by atoms with van der Waals surface area (Å²) in [7, 11) is -3.83. The molecule has 0 spiro atoms. The molecule has 0 aliphatic rings. The lowest BCUT2D eigenvalue weighted by Crippen LogP contribution is -2.32. The van der Waals surface area contributed by atoms with Crippen molar-refractivity contribution in [3.63, 3.8) is 0 Å². The second-order valence-corrected chi connectivity index (χ2v) is 9.76. The van der Waals surface area contributed by atoms with Crippen LogP contribution in [0.5, 0.6) is 0 Å². The minimum atomic E-state index is -3.83. The van der Waals surface area contributed by atoms with Gasteiger partial charge in [-0.2, -0.15) is 0 Å². The molecule has 3 rings (SSSR count). The smallest absolute Gasteiger partial charge is 0.269 e. The standard InChI is InChI=1S/C20H18N6O5S3/c1-2-18-23-24-20(33-18)25-34(30,31)16-10-6-14(7-11-16)21-19(32)22-17(27)12-5-13-3-8-15(9-4-13)26(28)29/h3-12H,2H2,1H3,(H,24,25)(H2,21,22,27,32). The maximum atomic E-state index is 12.5. The normalized spacial score (nSPS) is 11.2. The lowest BCUT2D eigenvalue weighted by molar-refractivity contribution is -0.384. The number of carbonyl (C=O) groups is 1. The monoisotopic (exact) mass is 518 g/mol. The molecule has 3 aromatic rings. The summed E-state index contributed by atoms with van der Waals surface area (Å²) in [6.07, 6.45) is 3.37. The number of anilines is 2. The lowest BCUT2D eigenvalue weighted by atomic mass is 10.2. The molecule has 1 aromatic heterocycles. The van der Waals surface area contributed by atoms with Gasteiger partial charge in [0.1, 0.15) is 5.01 Å². The third-order valence-electron chi connectivity index (χ3n) is 4.18. The van der Waals surface area contributed by atoms with E-state index in [1.54, 1.807) is 0 Å². The van der Waals surface area contributed by atoms with Gasteiger partial charge in [-0.05, 0) is 66.7 Å². The molecule has 0 aliphatic carbocycles. The number of nitro benzene ring substituents is 1. The number of nitro groups is 1. The summed E-state index contributed by atoms with van der Waals surface area (Å²) >= 11 is 6.26. The van der Waals surface area contributed by atoms with Gasteiger partial charge in [-0.3, -0.25) is 24.9 Å². The van der Waals surface area contributed by atoms with Crippen LogP contribution in [-0.4, -0.2) is 34.6 Å². The molecule has 1 heterocycles. The van der Waals surface area contributed by atoms with Crippen LogP contribution in [0, 0.1) is 10.1 Å². The van der Waals surface area contributed by atoms with Crippen molar-refractivity contribution >= 4 is 67.2 Å². The van der Waals surface area contributed by atoms with Crippen molar-refractivity contribution < 1.29 is 18.1 Å². The topological polar surface area (TPSA) is 156 Å². The highest BCUT2D eigenvalue weighted by Gasteiger charge is 2.17. The Balaban J connectivity index is 1.54. The van der Waals surface area contributed by atoms with Crippen LogP contribution in [-0.2, 0) is 21.2 Å². The van der Waals surface area contributed by atoms with Gasteiger partial charge in [0.25, 0.3) is 15.7 Å². The summed E-state index contributed by atoms with van der Waals surface area (Å²) in [4.78, 5) is 22.2. The first kappa shape index (κ1) is 24.9. The summed E-state index contributed by atoms with van der Waals surface area (Å²) in [5.74, 6) is -0.511. The van der Waals surface area contributed by atoms with Crippen LogP contribution < -0.4 is 15.4 Å². The SMILES string of the molecule is CCc1nnc(NS(=O)(=O)c2ccc(NC(=S)NC(=O)C=Cc3ccc([N+](=O)[O-])cc3)cc2)s1. The fourth-order valence-corrected chi connectivity index (χ4v) is 4.65. The molecule has 1 amide bonds. The van der Waals surface area contributed by atoms with Crippen molar-refractivity contribution in [3.8, 4) is 0 Å². The number of non-ortho nitro benzene ring substituents is 1. The second-order valence-electron chi connectivity index (χ2n) is 6.61. The fraction of sp³-hybridized carbons (Fsp3) is 0.100. The summed E-state index contributed by atoms with van der Waals surface area (Å²) in [5.41, 5.74) is 1.02. The zero-order chi connectivity index (χ0) is 24.7. The highest BCUT2D eigenvalue weighted by atomic mass is 32.2. The van der Waals surface area contributed by atoms with Gasteiger partial charge in [-0.1, -0.05) is 18.3 Å². The molecule has 0 saturated heterocycles. The number of carbonyl (C=O) groups excluding carboxylic acids is 1. The van der Waals surface area contributed by atoms with Crippen LogP contribution >= 0.6 is 23.6 Å². The Morgan fingerprint density at radius 2 is 1.82 bits per heavy atom. The zero-order valence-electron chi connectivity index (χ0n) is 17.6. The molecule has 176 valence electrons. The van der Waals surface area contributed by atoms with E-state index in [0.29, 0.717) is 17.7 Å². The Bertz CT molecular complexity index is 1340. The van der Waals surface area contributed by atoms with Gasteiger partial charge >= 0.3 is 0 Å². The first-order chi connectivity index (χ1) is 16.2. The molecule has 0 radical (unpaired) electrons. The quantitative estimate of drug-likeness (QED) is 0.176. The van der Waals surface area contributed by atoms with E-state index in [1.165, 1.54) is 60.7 Å². The van der Waals surface area contributed by atoms with Crippen molar-refractivity contribution in [1.29, 1.82) is 0 Å².